The van der Waals surface area contributed by atoms with Crippen molar-refractivity contribution in [3.8, 4) is 22.2 Å². The maximum atomic E-state index is 12.7. The Balaban J connectivity index is 2.11. The highest BCUT2D eigenvalue weighted by Crippen LogP contribution is 2.35. The van der Waals surface area contributed by atoms with E-state index < -0.39 is 11.9 Å². The van der Waals surface area contributed by atoms with Gasteiger partial charge in [0.2, 0.25) is 0 Å². The number of hydrogen-bond donors (Lipinski definition) is 0. The van der Waals surface area contributed by atoms with Crippen molar-refractivity contribution >= 4 is 22.2 Å². The topological polar surface area (TPSA) is 44.2 Å². The number of benzene rings is 1. The summed E-state index contributed by atoms with van der Waals surface area (Å²) in [7, 11) is 3.01. The Morgan fingerprint density at radius 2 is 1.91 bits per heavy atom. The van der Waals surface area contributed by atoms with Crippen molar-refractivity contribution in [1.82, 2.24) is 9.97 Å². The highest BCUT2D eigenvalue weighted by atomic mass is 32.1. The van der Waals surface area contributed by atoms with Gasteiger partial charge in [0.05, 0.1) is 25.1 Å². The van der Waals surface area contributed by atoms with Crippen LogP contribution in [0, 0.1) is 6.07 Å². The van der Waals surface area contributed by atoms with Crippen molar-refractivity contribution in [2.75, 3.05) is 14.2 Å². The van der Waals surface area contributed by atoms with Crippen LogP contribution in [-0.4, -0.2) is 24.2 Å². The number of aromatic nitrogens is 2. The van der Waals surface area contributed by atoms with Gasteiger partial charge in [0.15, 0.2) is 5.69 Å². The van der Waals surface area contributed by atoms with Crippen LogP contribution in [0.5, 0.6) is 11.5 Å². The first-order valence-electron chi connectivity index (χ1n) is 6.40. The van der Waals surface area contributed by atoms with Crippen molar-refractivity contribution < 1.29 is 22.6 Å². The van der Waals surface area contributed by atoms with E-state index in [4.69, 9.17) is 9.47 Å². The summed E-state index contributed by atoms with van der Waals surface area (Å²) in [5, 5.41) is 1.76. The molecule has 0 bridgehead atoms. The maximum Gasteiger partial charge on any atom is 0.434 e. The molecule has 23 heavy (non-hydrogen) atoms. The molecule has 8 heteroatoms. The number of alkyl halides is 3. The first kappa shape index (κ1) is 15.5. The maximum absolute atomic E-state index is 12.7. The summed E-state index contributed by atoms with van der Waals surface area (Å²) in [6.45, 7) is 0. The monoisotopic (exact) mass is 339 g/mol. The predicted molar refractivity (Wildman–Crippen MR) is 79.8 cm³/mol. The van der Waals surface area contributed by atoms with Gasteiger partial charge in [0.25, 0.3) is 0 Å². The zero-order valence-corrected chi connectivity index (χ0v) is 12.9. The standard InChI is InChI=1S/C15H10F3N2O2S/c1-21-8-5-11-9(12(6-8)22-2)3-4-10(19-11)14-20-13(7-23-14)15(16,17)18/h4-7H,1-2H3. The van der Waals surface area contributed by atoms with Crippen molar-refractivity contribution in [1.29, 1.82) is 0 Å². The number of halogens is 3. The second-order valence-corrected chi connectivity index (χ2v) is 5.40. The van der Waals surface area contributed by atoms with Crippen LogP contribution in [0.1, 0.15) is 5.69 Å². The number of ether oxygens (including phenoxy) is 2. The lowest BCUT2D eigenvalue weighted by Gasteiger charge is -2.08. The number of pyridine rings is 1. The average Bonchev–Trinajstić information content (AvgIpc) is 3.03. The lowest BCUT2D eigenvalue weighted by Crippen LogP contribution is -2.04. The van der Waals surface area contributed by atoms with Crippen LogP contribution in [0.2, 0.25) is 0 Å². The van der Waals surface area contributed by atoms with Gasteiger partial charge in [-0.15, -0.1) is 11.3 Å². The van der Waals surface area contributed by atoms with Crippen LogP contribution < -0.4 is 9.47 Å². The molecule has 0 spiro atoms. The summed E-state index contributed by atoms with van der Waals surface area (Å²) in [5.74, 6) is 1.05. The lowest BCUT2D eigenvalue weighted by atomic mass is 10.1. The Hall–Kier alpha value is -2.35. The molecule has 2 aromatic heterocycles. The predicted octanol–water partition coefficient (Wildman–Crippen LogP) is 4.19. The number of nitrogens with zero attached hydrogens (tertiary/aromatic N) is 2. The minimum absolute atomic E-state index is 0.178. The fourth-order valence-corrected chi connectivity index (χ4v) is 2.81. The van der Waals surface area contributed by atoms with Gasteiger partial charge in [-0.25, -0.2) is 9.97 Å². The average molecular weight is 339 g/mol. The molecule has 0 saturated heterocycles. The van der Waals surface area contributed by atoms with Crippen LogP contribution in [-0.2, 0) is 6.18 Å². The second-order valence-electron chi connectivity index (χ2n) is 4.55. The molecule has 0 amide bonds. The number of thiazole rings is 1. The first-order chi connectivity index (χ1) is 10.9. The van der Waals surface area contributed by atoms with Crippen LogP contribution >= 0.6 is 11.3 Å². The van der Waals surface area contributed by atoms with E-state index in [-0.39, 0.29) is 5.01 Å². The third-order valence-corrected chi connectivity index (χ3v) is 3.98. The summed E-state index contributed by atoms with van der Waals surface area (Å²) in [6.07, 6.45) is -4.47. The number of methoxy groups -OCH3 is 2. The third kappa shape index (κ3) is 2.94. The van der Waals surface area contributed by atoms with Gasteiger partial charge >= 0.3 is 6.18 Å². The minimum atomic E-state index is -4.47. The van der Waals surface area contributed by atoms with E-state index >= 15 is 0 Å². The van der Waals surface area contributed by atoms with Crippen LogP contribution in [0.15, 0.2) is 23.6 Å². The number of hydrogen-bond acceptors (Lipinski definition) is 5. The third-order valence-electron chi connectivity index (χ3n) is 3.12. The molecule has 0 aliphatic rings. The Labute approximate surface area is 133 Å². The molecule has 2 heterocycles. The molecule has 3 rings (SSSR count). The number of rotatable bonds is 3. The summed E-state index contributed by atoms with van der Waals surface area (Å²) < 4.78 is 48.4. The van der Waals surface area contributed by atoms with Gasteiger partial charge in [0, 0.05) is 17.5 Å². The molecule has 0 fully saturated rings. The van der Waals surface area contributed by atoms with E-state index in [0.717, 1.165) is 16.7 Å². The zero-order valence-electron chi connectivity index (χ0n) is 12.1. The highest BCUT2D eigenvalue weighted by Gasteiger charge is 2.34. The van der Waals surface area contributed by atoms with E-state index in [2.05, 4.69) is 16.0 Å². The van der Waals surface area contributed by atoms with Gasteiger partial charge in [-0.3, -0.25) is 0 Å². The molecule has 119 valence electrons. The summed E-state index contributed by atoms with van der Waals surface area (Å²) in [5.41, 5.74) is -0.113. The molecule has 0 aliphatic heterocycles. The Morgan fingerprint density at radius 3 is 2.52 bits per heavy atom. The quantitative estimate of drug-likeness (QED) is 0.717. The van der Waals surface area contributed by atoms with Gasteiger partial charge < -0.3 is 9.47 Å². The minimum Gasteiger partial charge on any atom is -0.497 e. The molecule has 0 unspecified atom stereocenters. The van der Waals surface area contributed by atoms with Gasteiger partial charge in [-0.1, -0.05) is 0 Å². The fraction of sp³-hybridized carbons (Fsp3) is 0.200. The summed E-state index contributed by atoms with van der Waals surface area (Å²) in [4.78, 5) is 7.94. The molecule has 3 aromatic rings. The molecule has 0 N–H and O–H groups in total. The molecular weight excluding hydrogens is 329 g/mol. The SMILES string of the molecule is COc1cc(OC)c2[c]cc(-c3nc(C(F)(F)F)cs3)nc2c1. The highest BCUT2D eigenvalue weighted by molar-refractivity contribution is 7.13. The molecule has 1 radical (unpaired) electrons. The van der Waals surface area contributed by atoms with E-state index in [9.17, 15) is 13.2 Å². The van der Waals surface area contributed by atoms with E-state index in [0.29, 0.717) is 28.1 Å². The van der Waals surface area contributed by atoms with E-state index in [1.807, 2.05) is 0 Å². The largest absolute Gasteiger partial charge is 0.497 e. The van der Waals surface area contributed by atoms with Crippen LogP contribution in [0.3, 0.4) is 0 Å². The fourth-order valence-electron chi connectivity index (χ4n) is 2.02. The molecule has 0 aliphatic carbocycles. The van der Waals surface area contributed by atoms with E-state index in [1.165, 1.54) is 20.3 Å². The van der Waals surface area contributed by atoms with Crippen molar-refractivity contribution in [2.24, 2.45) is 0 Å². The number of fused-ring (bicyclic) bond motifs is 1. The Morgan fingerprint density at radius 1 is 1.13 bits per heavy atom. The van der Waals surface area contributed by atoms with Crippen LogP contribution in [0.25, 0.3) is 21.6 Å². The van der Waals surface area contributed by atoms with E-state index in [1.54, 1.807) is 12.1 Å². The second kappa shape index (κ2) is 5.69. The first-order valence-corrected chi connectivity index (χ1v) is 7.28. The summed E-state index contributed by atoms with van der Waals surface area (Å²) >= 11 is 0.882. The van der Waals surface area contributed by atoms with Gasteiger partial charge in [0.1, 0.15) is 22.2 Å². The smallest absolute Gasteiger partial charge is 0.434 e. The molecule has 4 nitrogen and oxygen atoms in total. The van der Waals surface area contributed by atoms with Crippen molar-refractivity contribution in [3.05, 3.63) is 35.3 Å². The molecule has 1 aromatic carbocycles. The summed E-state index contributed by atoms with van der Waals surface area (Å²) in [6, 6.07) is 7.82. The molecule has 0 saturated carbocycles. The van der Waals surface area contributed by atoms with Crippen LogP contribution in [0.4, 0.5) is 13.2 Å². The van der Waals surface area contributed by atoms with Crippen molar-refractivity contribution in [3.63, 3.8) is 0 Å². The lowest BCUT2D eigenvalue weighted by molar-refractivity contribution is -0.140. The Kier molecular flexibility index (Phi) is 3.85. The zero-order chi connectivity index (χ0) is 16.6. The van der Waals surface area contributed by atoms with Gasteiger partial charge in [-0.2, -0.15) is 13.2 Å². The Bertz CT molecular complexity index is 862. The van der Waals surface area contributed by atoms with Gasteiger partial charge in [-0.05, 0) is 12.1 Å². The van der Waals surface area contributed by atoms with Crippen molar-refractivity contribution in [2.45, 2.75) is 6.18 Å². The molecular formula is C15H10F3N2O2S. The normalized spacial score (nSPS) is 11.7. The molecule has 0 atom stereocenters.